The minimum absolute atomic E-state index is 0.125. The Bertz CT molecular complexity index is 577. The molecule has 268 valence electrons. The fraction of sp³-hybridized carbons (Fsp3) is 0.939. The van der Waals surface area contributed by atoms with Crippen molar-refractivity contribution in [3.8, 4) is 0 Å². The van der Waals surface area contributed by atoms with Gasteiger partial charge in [0.1, 0.15) is 18.1 Å². The lowest BCUT2D eigenvalue weighted by molar-refractivity contribution is -0.157. The number of Topliss-reactive ketones (excluding diaryl/α,β-unsaturated/α-hetero) is 1. The smallest absolute Gasteiger partial charge is 0.316 e. The van der Waals surface area contributed by atoms with E-state index in [1.807, 2.05) is 20.8 Å². The Morgan fingerprint density at radius 3 is 1.25 bits per heavy atom. The van der Waals surface area contributed by atoms with E-state index in [0.29, 0.717) is 6.42 Å². The maximum Gasteiger partial charge on any atom is 0.316 e. The summed E-state index contributed by atoms with van der Waals surface area (Å²) in [7, 11) is 0. The van der Waals surface area contributed by atoms with E-state index in [-0.39, 0.29) is 45.1 Å². The number of esters is 1. The Labute approximate surface area is 267 Å². The highest BCUT2D eigenvalue weighted by Crippen LogP contribution is 2.20. The first-order chi connectivity index (χ1) is 20.9. The van der Waals surface area contributed by atoms with Crippen LogP contribution >= 0.6 is 0 Å². The zero-order valence-corrected chi connectivity index (χ0v) is 28.6. The molecule has 11 heteroatoms. The highest BCUT2D eigenvalue weighted by Gasteiger charge is 2.32. The van der Waals surface area contributed by atoms with Gasteiger partial charge >= 0.3 is 5.97 Å². The quantitative estimate of drug-likeness (QED) is 0.0461. The molecule has 0 spiro atoms. The van der Waals surface area contributed by atoms with Gasteiger partial charge < -0.3 is 45.6 Å². The number of rotatable bonds is 23. The molecule has 0 aromatic carbocycles. The number of aliphatic hydroxyl groups excluding tert-OH is 8. The molecule has 0 aliphatic carbocycles. The number of carbonyl (C=O) groups excluding carboxylic acids is 2. The number of unbranched alkanes of at least 4 members (excludes halogenated alkanes) is 13. The molecule has 0 radical (unpaired) electrons. The first kappa shape index (κ1) is 49.7. The predicted molar refractivity (Wildman–Crippen MR) is 174 cm³/mol. The van der Waals surface area contributed by atoms with Crippen molar-refractivity contribution in [2.75, 3.05) is 46.2 Å². The number of aliphatic hydroxyl groups is 8. The van der Waals surface area contributed by atoms with Crippen molar-refractivity contribution < 1.29 is 55.2 Å². The molecule has 2 atom stereocenters. The molecule has 2 unspecified atom stereocenters. The third-order valence-corrected chi connectivity index (χ3v) is 6.14. The van der Waals surface area contributed by atoms with E-state index >= 15 is 0 Å². The molecule has 0 aromatic rings. The number of carbonyl (C=O) groups is 2. The lowest BCUT2D eigenvalue weighted by Crippen LogP contribution is -2.37. The molecular weight excluding hydrogens is 572 g/mol. The van der Waals surface area contributed by atoms with Crippen LogP contribution < -0.4 is 0 Å². The zero-order valence-electron chi connectivity index (χ0n) is 28.6. The molecule has 0 aliphatic rings. The molecule has 0 saturated heterocycles. The van der Waals surface area contributed by atoms with Gasteiger partial charge in [-0.1, -0.05) is 118 Å². The first-order valence-electron chi connectivity index (χ1n) is 16.6. The second-order valence-electron chi connectivity index (χ2n) is 12.0. The van der Waals surface area contributed by atoms with Crippen molar-refractivity contribution in [2.24, 2.45) is 11.3 Å². The number of hydrogen-bond donors (Lipinski definition) is 8. The van der Waals surface area contributed by atoms with Crippen molar-refractivity contribution in [1.29, 1.82) is 0 Å². The molecule has 44 heavy (non-hydrogen) atoms. The largest absolute Gasteiger partial charge is 0.465 e. The van der Waals surface area contributed by atoms with Crippen LogP contribution in [-0.4, -0.2) is 111 Å². The summed E-state index contributed by atoms with van der Waals surface area (Å²) >= 11 is 0. The van der Waals surface area contributed by atoms with E-state index in [1.54, 1.807) is 6.92 Å². The second-order valence-corrected chi connectivity index (χ2v) is 12.0. The average Bonchev–Trinajstić information content (AvgIpc) is 3.01. The molecule has 0 bridgehead atoms. The molecular formula is C33H70O11. The highest BCUT2D eigenvalue weighted by atomic mass is 16.5. The summed E-state index contributed by atoms with van der Waals surface area (Å²) in [5.41, 5.74) is -0.187. The minimum Gasteiger partial charge on any atom is -0.465 e. The molecule has 0 amide bonds. The fourth-order valence-corrected chi connectivity index (χ4v) is 3.69. The van der Waals surface area contributed by atoms with Crippen molar-refractivity contribution >= 4 is 11.8 Å². The van der Waals surface area contributed by atoms with Crippen LogP contribution in [0.5, 0.6) is 0 Å². The molecule has 0 aromatic heterocycles. The number of ketones is 1. The molecule has 0 aliphatic heterocycles. The molecule has 0 heterocycles. The number of hydrogen-bond acceptors (Lipinski definition) is 11. The zero-order chi connectivity index (χ0) is 34.7. The van der Waals surface area contributed by atoms with Gasteiger partial charge in [-0.3, -0.25) is 9.59 Å². The van der Waals surface area contributed by atoms with E-state index in [0.717, 1.165) is 19.3 Å². The van der Waals surface area contributed by atoms with E-state index in [9.17, 15) is 14.7 Å². The highest BCUT2D eigenvalue weighted by molar-refractivity contribution is 6.01. The lowest BCUT2D eigenvalue weighted by Gasteiger charge is -2.22. The van der Waals surface area contributed by atoms with Gasteiger partial charge in [0.2, 0.25) is 0 Å². The van der Waals surface area contributed by atoms with Gasteiger partial charge in [-0.05, 0) is 18.8 Å². The summed E-state index contributed by atoms with van der Waals surface area (Å²) in [5.74, 6) is -2.19. The molecule has 11 nitrogen and oxygen atoms in total. The topological polar surface area (TPSA) is 205 Å². The van der Waals surface area contributed by atoms with Crippen LogP contribution in [0.4, 0.5) is 0 Å². The summed E-state index contributed by atoms with van der Waals surface area (Å²) in [5, 5.41) is 65.6. The van der Waals surface area contributed by atoms with Crippen molar-refractivity contribution in [2.45, 2.75) is 143 Å². The first-order valence-corrected chi connectivity index (χ1v) is 16.6. The Morgan fingerprint density at radius 2 is 0.977 bits per heavy atom. The van der Waals surface area contributed by atoms with Gasteiger partial charge in [0.25, 0.3) is 0 Å². The van der Waals surface area contributed by atoms with Crippen LogP contribution in [0.3, 0.4) is 0 Å². The SMILES string of the molecule is CCCCCCCCCCCCCCCCC(C(=O)OCC(C)(C)C)C(=O)C(O)CO.CCO.OCC(O)CO.OCCO. The Hall–Kier alpha value is -1.18. The average molecular weight is 643 g/mol. The van der Waals surface area contributed by atoms with Gasteiger partial charge in [-0.2, -0.15) is 0 Å². The van der Waals surface area contributed by atoms with Crippen LogP contribution in [0.25, 0.3) is 0 Å². The van der Waals surface area contributed by atoms with Gasteiger partial charge in [-0.25, -0.2) is 0 Å². The third-order valence-electron chi connectivity index (χ3n) is 6.14. The molecule has 0 fully saturated rings. The van der Waals surface area contributed by atoms with Crippen molar-refractivity contribution in [3.63, 3.8) is 0 Å². The standard InChI is InChI=1S/C26H50O5.C3H8O3.C2H6O2.C2H6O/c1-5-6-7-8-9-10-11-12-13-14-15-16-17-18-19-22(24(29)23(28)20-27)25(30)31-21-26(2,3)4;4-1-3(6)2-5;3-1-2-4;1-2-3/h22-23,27-28H,5-21H2,1-4H3;3-6H,1-2H2;3-4H,1-2H2;3H,2H2,1H3. The Balaban J connectivity index is -0.000000513. The van der Waals surface area contributed by atoms with E-state index < -0.39 is 36.5 Å². The lowest BCUT2D eigenvalue weighted by atomic mass is 9.93. The van der Waals surface area contributed by atoms with Crippen molar-refractivity contribution in [3.05, 3.63) is 0 Å². The molecule has 0 saturated carbocycles. The number of ether oxygens (including phenoxy) is 1. The van der Waals surface area contributed by atoms with Crippen molar-refractivity contribution in [1.82, 2.24) is 0 Å². The van der Waals surface area contributed by atoms with Crippen LogP contribution in [0.2, 0.25) is 0 Å². The Kier molecular flexibility index (Phi) is 42.9. The summed E-state index contributed by atoms with van der Waals surface area (Å²) in [4.78, 5) is 24.7. The van der Waals surface area contributed by atoms with Gasteiger partial charge in [0.05, 0.1) is 39.6 Å². The Morgan fingerprint density at radius 1 is 0.614 bits per heavy atom. The normalized spacial score (nSPS) is 12.1. The third kappa shape index (κ3) is 40.8. The molecule has 0 rings (SSSR count). The van der Waals surface area contributed by atoms with E-state index in [4.69, 9.17) is 40.5 Å². The predicted octanol–water partition coefficient (Wildman–Crippen LogP) is 3.29. The van der Waals surface area contributed by atoms with Crippen LogP contribution in [-0.2, 0) is 14.3 Å². The summed E-state index contributed by atoms with van der Waals surface area (Å²) in [6.45, 7) is 8.62. The summed E-state index contributed by atoms with van der Waals surface area (Å²) < 4.78 is 5.30. The van der Waals surface area contributed by atoms with Crippen LogP contribution in [0.1, 0.15) is 131 Å². The van der Waals surface area contributed by atoms with E-state index in [1.165, 1.54) is 70.6 Å². The maximum atomic E-state index is 12.4. The monoisotopic (exact) mass is 642 g/mol. The van der Waals surface area contributed by atoms with E-state index in [2.05, 4.69) is 6.92 Å². The summed E-state index contributed by atoms with van der Waals surface area (Å²) in [6.07, 6.45) is 15.3. The van der Waals surface area contributed by atoms with Crippen LogP contribution in [0, 0.1) is 11.3 Å². The fourth-order valence-electron chi connectivity index (χ4n) is 3.69. The summed E-state index contributed by atoms with van der Waals surface area (Å²) in [6, 6.07) is 0. The maximum absolute atomic E-state index is 12.4. The molecule has 8 N–H and O–H groups in total. The minimum atomic E-state index is -1.51. The van der Waals surface area contributed by atoms with Gasteiger partial charge in [0, 0.05) is 6.61 Å². The van der Waals surface area contributed by atoms with Gasteiger partial charge in [-0.15, -0.1) is 0 Å². The van der Waals surface area contributed by atoms with Crippen LogP contribution in [0.15, 0.2) is 0 Å². The van der Waals surface area contributed by atoms with Gasteiger partial charge in [0.15, 0.2) is 5.78 Å². The second kappa shape index (κ2) is 38.0.